The minimum Gasteiger partial charge on any atom is -0.507 e. The Morgan fingerprint density at radius 2 is 2.06 bits per heavy atom. The van der Waals surface area contributed by atoms with Crippen LogP contribution in [0.5, 0.6) is 5.75 Å². The molecule has 2 atom stereocenters. The van der Waals surface area contributed by atoms with Gasteiger partial charge in [-0.05, 0) is 60.3 Å². The van der Waals surface area contributed by atoms with E-state index in [1.54, 1.807) is 30.3 Å². The van der Waals surface area contributed by atoms with Crippen LogP contribution in [-0.4, -0.2) is 27.9 Å². The van der Waals surface area contributed by atoms with Crippen molar-refractivity contribution >= 4 is 67.1 Å². The summed E-state index contributed by atoms with van der Waals surface area (Å²) in [6.45, 7) is 1.98. The highest BCUT2D eigenvalue weighted by atomic mass is 35.5. The Bertz CT molecular complexity index is 1510. The van der Waals surface area contributed by atoms with E-state index in [1.807, 2.05) is 30.5 Å². The lowest BCUT2D eigenvalue weighted by atomic mass is 9.98. The molecule has 6 rings (SSSR count). The minimum absolute atomic E-state index is 0.0524. The number of carbonyl (C=O) groups excluding carboxylic acids is 2. The number of Topliss-reactive ketones (excluding diaryl/α,β-unsaturated/α-hetero) is 1. The Morgan fingerprint density at radius 1 is 1.21 bits per heavy atom. The molecular formula is C25H17ClN2O4S2. The number of ketones is 1. The van der Waals surface area contributed by atoms with Gasteiger partial charge in [0.1, 0.15) is 23.7 Å². The van der Waals surface area contributed by atoms with Gasteiger partial charge in [-0.2, -0.15) is 0 Å². The van der Waals surface area contributed by atoms with Gasteiger partial charge >= 0.3 is 5.91 Å². The Hall–Kier alpha value is -3.20. The topological polar surface area (TPSA) is 79.7 Å². The number of nitrogens with zero attached hydrogens (tertiary/aromatic N) is 2. The largest absolute Gasteiger partial charge is 0.507 e. The summed E-state index contributed by atoms with van der Waals surface area (Å²) < 4.78 is 6.56. The monoisotopic (exact) mass is 508 g/mol. The predicted molar refractivity (Wildman–Crippen MR) is 134 cm³/mol. The summed E-state index contributed by atoms with van der Waals surface area (Å²) in [6.07, 6.45) is 0.768. The third-order valence-electron chi connectivity index (χ3n) is 5.97. The number of anilines is 1. The Labute approximate surface area is 207 Å². The third kappa shape index (κ3) is 3.33. The molecule has 9 heteroatoms. The lowest BCUT2D eigenvalue weighted by molar-refractivity contribution is -0.132. The summed E-state index contributed by atoms with van der Waals surface area (Å²) in [4.78, 5) is 33.3. The Balaban J connectivity index is 1.51. The van der Waals surface area contributed by atoms with E-state index in [0.717, 1.165) is 20.9 Å². The molecule has 1 N–H and O–H groups in total. The first kappa shape index (κ1) is 21.3. The molecular weight excluding hydrogens is 492 g/mol. The molecule has 1 fully saturated rings. The fourth-order valence-corrected chi connectivity index (χ4v) is 6.55. The molecule has 0 radical (unpaired) electrons. The molecule has 6 nitrogen and oxygen atoms in total. The van der Waals surface area contributed by atoms with Crippen LogP contribution in [0.15, 0.2) is 59.5 Å². The quantitative estimate of drug-likeness (QED) is 0.210. The van der Waals surface area contributed by atoms with Crippen LogP contribution in [0.4, 0.5) is 5.13 Å². The molecule has 2 aromatic carbocycles. The standard InChI is InChI=1S/C25H17ClN2O4S2/c1-12-9-14-10-13(4-7-17(14)32-12)22(29)20-21(18-3-2-8-33-18)28(24(31)23(20)30)25-27-16-6-5-15(26)11-19(16)34-25/h2-8,10-12,21,29H,9H2,1H3/t12-,21-/m1/s1. The predicted octanol–water partition coefficient (Wildman–Crippen LogP) is 5.96. The summed E-state index contributed by atoms with van der Waals surface area (Å²) >= 11 is 8.82. The van der Waals surface area contributed by atoms with Crippen LogP contribution in [0.25, 0.3) is 16.0 Å². The second kappa shape index (κ2) is 7.94. The number of rotatable bonds is 3. The average molecular weight is 509 g/mol. The number of halogens is 1. The van der Waals surface area contributed by atoms with Crippen molar-refractivity contribution in [3.05, 3.63) is 80.5 Å². The smallest absolute Gasteiger partial charge is 0.301 e. The lowest BCUT2D eigenvalue weighted by Gasteiger charge is -2.21. The molecule has 0 unspecified atom stereocenters. The molecule has 1 amide bonds. The van der Waals surface area contributed by atoms with Gasteiger partial charge in [-0.15, -0.1) is 11.3 Å². The lowest BCUT2D eigenvalue weighted by Crippen LogP contribution is -2.28. The first-order valence-corrected chi connectivity index (χ1v) is 12.7. The summed E-state index contributed by atoms with van der Waals surface area (Å²) in [5.74, 6) is -0.889. The number of aromatic nitrogens is 1. The van der Waals surface area contributed by atoms with Crippen molar-refractivity contribution in [2.24, 2.45) is 0 Å². The molecule has 2 aliphatic rings. The van der Waals surface area contributed by atoms with Crippen LogP contribution in [0.3, 0.4) is 0 Å². The van der Waals surface area contributed by atoms with Gasteiger partial charge in [0.2, 0.25) is 0 Å². The average Bonchev–Trinajstić information content (AvgIpc) is 3.58. The van der Waals surface area contributed by atoms with E-state index < -0.39 is 17.7 Å². The van der Waals surface area contributed by atoms with Crippen molar-refractivity contribution < 1.29 is 19.4 Å². The molecule has 0 aliphatic carbocycles. The second-order valence-electron chi connectivity index (χ2n) is 8.25. The molecule has 170 valence electrons. The van der Waals surface area contributed by atoms with E-state index in [-0.39, 0.29) is 17.4 Å². The molecule has 4 aromatic rings. The number of aliphatic hydroxyl groups is 1. The van der Waals surface area contributed by atoms with Crippen molar-refractivity contribution in [3.8, 4) is 5.75 Å². The van der Waals surface area contributed by atoms with E-state index in [2.05, 4.69) is 4.98 Å². The van der Waals surface area contributed by atoms with Crippen LogP contribution >= 0.6 is 34.3 Å². The molecule has 4 heterocycles. The third-order valence-corrected chi connectivity index (χ3v) is 8.15. The zero-order valence-electron chi connectivity index (χ0n) is 17.8. The highest BCUT2D eigenvalue weighted by Crippen LogP contribution is 2.46. The summed E-state index contributed by atoms with van der Waals surface area (Å²) in [6, 6.07) is 13.6. The van der Waals surface area contributed by atoms with Crippen LogP contribution in [0.2, 0.25) is 5.02 Å². The second-order valence-corrected chi connectivity index (χ2v) is 10.7. The van der Waals surface area contributed by atoms with Gasteiger partial charge < -0.3 is 9.84 Å². The summed E-state index contributed by atoms with van der Waals surface area (Å²) in [5, 5.41) is 14.1. The van der Waals surface area contributed by atoms with Crippen molar-refractivity contribution in [3.63, 3.8) is 0 Å². The zero-order valence-corrected chi connectivity index (χ0v) is 20.2. The van der Waals surface area contributed by atoms with Gasteiger partial charge in [0.15, 0.2) is 5.13 Å². The summed E-state index contributed by atoms with van der Waals surface area (Å²) in [7, 11) is 0. The highest BCUT2D eigenvalue weighted by Gasteiger charge is 2.48. The van der Waals surface area contributed by atoms with Gasteiger partial charge in [-0.25, -0.2) is 4.98 Å². The number of hydrogen-bond acceptors (Lipinski definition) is 7. The number of thiophene rings is 1. The molecule has 0 spiro atoms. The van der Waals surface area contributed by atoms with Crippen LogP contribution in [0.1, 0.15) is 29.0 Å². The number of fused-ring (bicyclic) bond motifs is 2. The van der Waals surface area contributed by atoms with Gasteiger partial charge in [0, 0.05) is 21.9 Å². The van der Waals surface area contributed by atoms with Crippen LogP contribution < -0.4 is 9.64 Å². The SMILES string of the molecule is C[C@@H]1Cc2cc(C(O)=C3C(=O)C(=O)N(c4nc5ccc(Cl)cc5s4)[C@@H]3c3cccs3)ccc2O1. The fraction of sp³-hybridized carbons (Fsp3) is 0.160. The normalized spacial score (nSPS) is 21.3. The first-order chi connectivity index (χ1) is 16.4. The molecule has 2 aliphatic heterocycles. The maximum Gasteiger partial charge on any atom is 0.301 e. The van der Waals surface area contributed by atoms with E-state index in [4.69, 9.17) is 16.3 Å². The molecule has 0 saturated carbocycles. The number of ether oxygens (including phenoxy) is 1. The van der Waals surface area contributed by atoms with Crippen molar-refractivity contribution in [1.82, 2.24) is 4.98 Å². The molecule has 34 heavy (non-hydrogen) atoms. The minimum atomic E-state index is -0.778. The number of benzene rings is 2. The summed E-state index contributed by atoms with van der Waals surface area (Å²) in [5.41, 5.74) is 2.18. The number of hydrogen-bond donors (Lipinski definition) is 1. The molecule has 1 saturated heterocycles. The fourth-order valence-electron chi connectivity index (χ4n) is 4.46. The van der Waals surface area contributed by atoms with Crippen LogP contribution in [0, 0.1) is 0 Å². The molecule has 2 aromatic heterocycles. The number of carbonyl (C=O) groups is 2. The Morgan fingerprint density at radius 3 is 2.85 bits per heavy atom. The molecule has 0 bridgehead atoms. The van der Waals surface area contributed by atoms with Crippen molar-refractivity contribution in [2.75, 3.05) is 4.90 Å². The number of thiazole rings is 1. The van der Waals surface area contributed by atoms with E-state index in [9.17, 15) is 14.7 Å². The van der Waals surface area contributed by atoms with Crippen molar-refractivity contribution in [1.29, 1.82) is 0 Å². The van der Waals surface area contributed by atoms with E-state index in [1.165, 1.54) is 27.6 Å². The highest BCUT2D eigenvalue weighted by molar-refractivity contribution is 7.22. The van der Waals surface area contributed by atoms with Gasteiger partial charge in [0.05, 0.1) is 15.8 Å². The maximum absolute atomic E-state index is 13.3. The number of aliphatic hydroxyl groups excluding tert-OH is 1. The van der Waals surface area contributed by atoms with Gasteiger partial charge in [-0.1, -0.05) is 29.0 Å². The zero-order chi connectivity index (χ0) is 23.6. The maximum atomic E-state index is 13.3. The van der Waals surface area contributed by atoms with Crippen LogP contribution in [-0.2, 0) is 16.0 Å². The van der Waals surface area contributed by atoms with E-state index in [0.29, 0.717) is 27.7 Å². The van der Waals surface area contributed by atoms with E-state index >= 15 is 0 Å². The first-order valence-electron chi connectivity index (χ1n) is 10.6. The Kier molecular flexibility index (Phi) is 4.98. The van der Waals surface area contributed by atoms with Gasteiger partial charge in [0.25, 0.3) is 5.78 Å². The van der Waals surface area contributed by atoms with Crippen molar-refractivity contribution in [2.45, 2.75) is 25.5 Å². The van der Waals surface area contributed by atoms with Gasteiger partial charge in [-0.3, -0.25) is 14.5 Å². The number of amides is 1.